The van der Waals surface area contributed by atoms with Gasteiger partial charge >= 0.3 is 0 Å². The summed E-state index contributed by atoms with van der Waals surface area (Å²) in [5.74, 6) is 0. The van der Waals surface area contributed by atoms with Crippen molar-refractivity contribution in [1.29, 1.82) is 0 Å². The van der Waals surface area contributed by atoms with E-state index in [1.807, 2.05) is 0 Å². The van der Waals surface area contributed by atoms with Gasteiger partial charge in [-0.25, -0.2) is 13.1 Å². The second-order valence-corrected chi connectivity index (χ2v) is 6.17. The summed E-state index contributed by atoms with van der Waals surface area (Å²) < 4.78 is 28.5. The monoisotopic (exact) mass is 288 g/mol. The van der Waals surface area contributed by atoms with Gasteiger partial charge in [0.15, 0.2) is 0 Å². The van der Waals surface area contributed by atoms with Crippen LogP contribution in [0.2, 0.25) is 0 Å². The van der Waals surface area contributed by atoms with Gasteiger partial charge in [0.1, 0.15) is 0 Å². The Morgan fingerprint density at radius 3 is 2.47 bits per heavy atom. The molecule has 1 heterocycles. The molecule has 6 nitrogen and oxygen atoms in total. The van der Waals surface area contributed by atoms with Crippen molar-refractivity contribution in [1.82, 2.24) is 14.2 Å². The molecule has 0 aliphatic carbocycles. The molecule has 0 saturated carbocycles. The van der Waals surface area contributed by atoms with Crippen molar-refractivity contribution in [3.8, 4) is 0 Å². The van der Waals surface area contributed by atoms with Gasteiger partial charge in [-0.3, -0.25) is 0 Å². The molecule has 110 valence electrons. The summed E-state index contributed by atoms with van der Waals surface area (Å²) in [6, 6.07) is 1.61. The van der Waals surface area contributed by atoms with Crippen LogP contribution in [-0.4, -0.2) is 44.1 Å². The predicted octanol–water partition coefficient (Wildman–Crippen LogP) is 0.104. The highest BCUT2D eigenvalue weighted by atomic mass is 32.2. The van der Waals surface area contributed by atoms with E-state index >= 15 is 0 Å². The number of nitrogens with zero attached hydrogens (tertiary/aromatic N) is 2. The first kappa shape index (κ1) is 16.2. The van der Waals surface area contributed by atoms with E-state index in [9.17, 15) is 8.42 Å². The number of nitrogens with two attached hydrogens (primary N) is 1. The van der Waals surface area contributed by atoms with E-state index in [-0.39, 0.29) is 4.90 Å². The Kier molecular flexibility index (Phi) is 5.99. The summed E-state index contributed by atoms with van der Waals surface area (Å²) in [6.45, 7) is 7.40. The zero-order valence-corrected chi connectivity index (χ0v) is 12.7. The Morgan fingerprint density at radius 1 is 1.37 bits per heavy atom. The summed E-state index contributed by atoms with van der Waals surface area (Å²) in [7, 11) is -1.65. The summed E-state index contributed by atoms with van der Waals surface area (Å²) in [5, 5.41) is 0. The number of likely N-dealkylation sites (N-methyl/N-ethyl adjacent to an activating group) is 1. The molecular weight excluding hydrogens is 264 g/mol. The highest BCUT2D eigenvalue weighted by Gasteiger charge is 2.16. The molecule has 3 N–H and O–H groups in total. The molecular formula is C12H24N4O2S. The van der Waals surface area contributed by atoms with Gasteiger partial charge in [-0.05, 0) is 19.2 Å². The van der Waals surface area contributed by atoms with Gasteiger partial charge in [0.25, 0.3) is 0 Å². The first-order chi connectivity index (χ1) is 8.94. The number of nitrogens with one attached hydrogen (secondary N) is 1. The van der Waals surface area contributed by atoms with Gasteiger partial charge < -0.3 is 15.2 Å². The second kappa shape index (κ2) is 7.04. The lowest BCUT2D eigenvalue weighted by Gasteiger charge is -2.17. The highest BCUT2D eigenvalue weighted by molar-refractivity contribution is 7.89. The van der Waals surface area contributed by atoms with Crippen LogP contribution in [0.3, 0.4) is 0 Å². The molecule has 0 bridgehead atoms. The quantitative estimate of drug-likeness (QED) is 0.711. The largest absolute Gasteiger partial charge is 0.352 e. The molecule has 0 aliphatic rings. The lowest BCUT2D eigenvalue weighted by molar-refractivity contribution is 0.309. The van der Waals surface area contributed by atoms with E-state index < -0.39 is 10.0 Å². The topological polar surface area (TPSA) is 80.4 Å². The minimum absolute atomic E-state index is 0.273. The number of aromatic nitrogens is 1. The van der Waals surface area contributed by atoms with E-state index in [0.29, 0.717) is 19.6 Å². The Bertz CT molecular complexity index is 492. The Hall–Kier alpha value is -0.890. The van der Waals surface area contributed by atoms with Gasteiger partial charge in [0.2, 0.25) is 10.0 Å². The zero-order chi connectivity index (χ0) is 14.5. The van der Waals surface area contributed by atoms with E-state index in [0.717, 1.165) is 18.8 Å². The number of hydrogen-bond donors (Lipinski definition) is 2. The van der Waals surface area contributed by atoms with E-state index in [1.165, 1.54) is 0 Å². The Labute approximate surface area is 115 Å². The SMILES string of the molecule is CCN(CC)CCNS(=O)(=O)c1cc(CN)n(C)c1. The Morgan fingerprint density at radius 2 is 2.00 bits per heavy atom. The van der Waals surface area contributed by atoms with Crippen molar-refractivity contribution < 1.29 is 8.42 Å². The number of sulfonamides is 1. The molecule has 0 spiro atoms. The maximum atomic E-state index is 12.1. The van der Waals surface area contributed by atoms with Crippen molar-refractivity contribution in [2.75, 3.05) is 26.2 Å². The van der Waals surface area contributed by atoms with Crippen molar-refractivity contribution in [2.24, 2.45) is 12.8 Å². The number of hydrogen-bond acceptors (Lipinski definition) is 4. The van der Waals surface area contributed by atoms with E-state index in [1.54, 1.807) is 23.9 Å². The average Bonchev–Trinajstić information content (AvgIpc) is 2.77. The molecule has 1 rings (SSSR count). The molecule has 0 saturated heterocycles. The van der Waals surface area contributed by atoms with Gasteiger partial charge in [0, 0.05) is 38.6 Å². The maximum Gasteiger partial charge on any atom is 0.242 e. The van der Waals surface area contributed by atoms with Crippen LogP contribution in [0, 0.1) is 0 Å². The van der Waals surface area contributed by atoms with Gasteiger partial charge in [-0.2, -0.15) is 0 Å². The molecule has 0 aliphatic heterocycles. The molecule has 0 unspecified atom stereocenters. The molecule has 1 aromatic rings. The third-order valence-corrected chi connectivity index (χ3v) is 4.64. The molecule has 0 atom stereocenters. The fraction of sp³-hybridized carbons (Fsp3) is 0.667. The van der Waals surface area contributed by atoms with E-state index in [4.69, 9.17) is 5.73 Å². The van der Waals surface area contributed by atoms with Crippen LogP contribution in [0.4, 0.5) is 0 Å². The average molecular weight is 288 g/mol. The van der Waals surface area contributed by atoms with Crippen LogP contribution >= 0.6 is 0 Å². The normalized spacial score (nSPS) is 12.3. The van der Waals surface area contributed by atoms with Crippen LogP contribution in [0.25, 0.3) is 0 Å². The molecule has 7 heteroatoms. The van der Waals surface area contributed by atoms with Gasteiger partial charge in [-0.15, -0.1) is 0 Å². The Balaban J connectivity index is 2.65. The summed E-state index contributed by atoms with van der Waals surface area (Å²) in [5.41, 5.74) is 6.34. The van der Waals surface area contributed by atoms with Gasteiger partial charge in [0.05, 0.1) is 4.90 Å². The highest BCUT2D eigenvalue weighted by Crippen LogP contribution is 2.12. The first-order valence-corrected chi connectivity index (χ1v) is 8.00. The minimum atomic E-state index is -3.44. The summed E-state index contributed by atoms with van der Waals surface area (Å²) in [6.07, 6.45) is 1.59. The maximum absolute atomic E-state index is 12.1. The first-order valence-electron chi connectivity index (χ1n) is 6.51. The van der Waals surface area contributed by atoms with Crippen LogP contribution < -0.4 is 10.5 Å². The van der Waals surface area contributed by atoms with Crippen LogP contribution in [0.15, 0.2) is 17.2 Å². The molecule has 0 amide bonds. The molecule has 0 fully saturated rings. The molecule has 1 aromatic heterocycles. The molecule has 0 aromatic carbocycles. The summed E-state index contributed by atoms with van der Waals surface area (Å²) in [4.78, 5) is 2.44. The predicted molar refractivity (Wildman–Crippen MR) is 76.3 cm³/mol. The second-order valence-electron chi connectivity index (χ2n) is 4.41. The van der Waals surface area contributed by atoms with Crippen molar-refractivity contribution >= 4 is 10.0 Å². The summed E-state index contributed by atoms with van der Waals surface area (Å²) >= 11 is 0. The van der Waals surface area contributed by atoms with Crippen molar-refractivity contribution in [3.63, 3.8) is 0 Å². The number of rotatable bonds is 8. The van der Waals surface area contributed by atoms with Crippen molar-refractivity contribution in [2.45, 2.75) is 25.3 Å². The third kappa shape index (κ3) is 4.31. The van der Waals surface area contributed by atoms with Gasteiger partial charge in [-0.1, -0.05) is 13.8 Å². The lowest BCUT2D eigenvalue weighted by Crippen LogP contribution is -2.34. The number of aryl methyl sites for hydroxylation is 1. The van der Waals surface area contributed by atoms with Crippen LogP contribution in [0.5, 0.6) is 0 Å². The minimum Gasteiger partial charge on any atom is -0.352 e. The van der Waals surface area contributed by atoms with Crippen LogP contribution in [-0.2, 0) is 23.6 Å². The lowest BCUT2D eigenvalue weighted by atomic mass is 10.4. The van der Waals surface area contributed by atoms with Crippen LogP contribution in [0.1, 0.15) is 19.5 Å². The van der Waals surface area contributed by atoms with Crippen molar-refractivity contribution in [3.05, 3.63) is 18.0 Å². The fourth-order valence-electron chi connectivity index (χ4n) is 1.89. The van der Waals surface area contributed by atoms with E-state index in [2.05, 4.69) is 23.5 Å². The standard InChI is InChI=1S/C12H24N4O2S/c1-4-16(5-2)7-6-14-19(17,18)12-8-11(9-13)15(3)10-12/h8,10,14H,4-7,9,13H2,1-3H3. The molecule has 19 heavy (non-hydrogen) atoms. The zero-order valence-electron chi connectivity index (χ0n) is 11.9. The molecule has 0 radical (unpaired) electrons. The third-order valence-electron chi connectivity index (χ3n) is 3.22. The smallest absolute Gasteiger partial charge is 0.242 e. The fourth-order valence-corrected chi connectivity index (χ4v) is 3.00.